The van der Waals surface area contributed by atoms with E-state index in [0.717, 1.165) is 0 Å². The smallest absolute Gasteiger partial charge is 0.322 e. The van der Waals surface area contributed by atoms with Crippen molar-refractivity contribution in [2.75, 3.05) is 31.6 Å². The molecule has 4 aromatic rings. The first kappa shape index (κ1) is 47.9. The Labute approximate surface area is 376 Å². The number of carbonyl (C=O) groups is 4. The van der Waals surface area contributed by atoms with Gasteiger partial charge in [-0.05, 0) is 117 Å². The van der Waals surface area contributed by atoms with Crippen LogP contribution in [0.3, 0.4) is 0 Å². The lowest BCUT2D eigenvalue weighted by Crippen LogP contribution is -2.23. The Morgan fingerprint density at radius 2 is 0.949 bits per heavy atom. The largest absolute Gasteiger partial charge is 0.487 e. The highest BCUT2D eigenvalue weighted by molar-refractivity contribution is 9.11. The summed E-state index contributed by atoms with van der Waals surface area (Å²) in [5.74, 6) is -4.06. The molecule has 316 valence electrons. The quantitative estimate of drug-likeness (QED) is 0.0546. The van der Waals surface area contributed by atoms with E-state index in [0.29, 0.717) is 25.8 Å². The minimum atomic E-state index is -3.55. The number of nitrogens with one attached hydrogen (secondary N) is 4. The molecule has 0 saturated heterocycles. The molecule has 0 unspecified atom stereocenters. The van der Waals surface area contributed by atoms with Gasteiger partial charge >= 0.3 is 11.9 Å². The van der Waals surface area contributed by atoms with Gasteiger partial charge in [0.2, 0.25) is 31.9 Å². The van der Waals surface area contributed by atoms with E-state index < -0.39 is 56.6 Å². The third kappa shape index (κ3) is 15.3. The third-order valence-electron chi connectivity index (χ3n) is 7.39. The van der Waals surface area contributed by atoms with Crippen molar-refractivity contribution in [1.29, 1.82) is 0 Å². The van der Waals surface area contributed by atoms with Gasteiger partial charge in [-0.1, -0.05) is 46.4 Å². The Morgan fingerprint density at radius 3 is 1.36 bits per heavy atom. The second-order valence-electron chi connectivity index (χ2n) is 12.1. The Bertz CT molecular complexity index is 2300. The van der Waals surface area contributed by atoms with Gasteiger partial charge in [0.1, 0.15) is 31.8 Å². The summed E-state index contributed by atoms with van der Waals surface area (Å²) in [6, 6.07) is 14.7. The van der Waals surface area contributed by atoms with Crippen molar-refractivity contribution in [2.45, 2.75) is 39.9 Å². The van der Waals surface area contributed by atoms with Crippen LogP contribution in [0.25, 0.3) is 0 Å². The molecule has 0 saturated carbocycles. The fraction of sp³-hybridized carbons (Fsp3) is 0.222. The van der Waals surface area contributed by atoms with Crippen LogP contribution in [0.1, 0.15) is 37.8 Å². The predicted molar refractivity (Wildman–Crippen MR) is 234 cm³/mol. The second-order valence-corrected chi connectivity index (χ2v) is 19.5. The van der Waals surface area contributed by atoms with Gasteiger partial charge in [0.15, 0.2) is 5.75 Å². The van der Waals surface area contributed by atoms with Crippen LogP contribution < -0.4 is 29.6 Å². The molecule has 59 heavy (non-hydrogen) atoms. The van der Waals surface area contributed by atoms with E-state index in [-0.39, 0.29) is 73.3 Å². The molecule has 0 aromatic heterocycles. The molecule has 0 radical (unpaired) electrons. The van der Waals surface area contributed by atoms with Gasteiger partial charge in [-0.25, -0.2) is 16.8 Å². The van der Waals surface area contributed by atoms with E-state index in [2.05, 4.69) is 56.7 Å². The average Bonchev–Trinajstić information content (AvgIpc) is 3.09. The lowest BCUT2D eigenvalue weighted by atomic mass is 10.2. The fourth-order valence-corrected chi connectivity index (χ4v) is 8.58. The van der Waals surface area contributed by atoms with Crippen LogP contribution in [0, 0.1) is 0 Å². The highest BCUT2D eigenvalue weighted by atomic mass is 79.9. The molecule has 0 atom stereocenters. The maximum absolute atomic E-state index is 12.6. The van der Waals surface area contributed by atoms with Gasteiger partial charge < -0.3 is 24.8 Å². The molecule has 0 fully saturated rings. The number of ether oxygens (including phenoxy) is 3. The Morgan fingerprint density at radius 1 is 0.559 bits per heavy atom. The first-order valence-corrected chi connectivity index (χ1v) is 23.2. The maximum Gasteiger partial charge on any atom is 0.322 e. The first-order chi connectivity index (χ1) is 27.6. The summed E-state index contributed by atoms with van der Waals surface area (Å²) in [7, 11) is -7.09. The fourth-order valence-electron chi connectivity index (χ4n) is 4.81. The number of anilines is 4. The van der Waals surface area contributed by atoms with E-state index in [1.165, 1.54) is 56.3 Å². The molecule has 0 heterocycles. The van der Waals surface area contributed by atoms with E-state index in [1.807, 2.05) is 0 Å². The standard InChI is InChI=1S/C36H32Br2Cl4N4O11S2/c1-3-58(51,52)45-25-7-19(5-21(39)9-25)17-55-35-27(37)11-23(12-28(35)38)43-31(47)15-33(49)57-34(50)16-32(48)44-24-13-29(41)36(30(42)14-24)56-18-20-6-22(40)10-26(8-20)46-59(53,54)4-2/h5-14,45-46H,3-4,15-18H2,1-2H3,(H,43,47)(H,44,48). The third-order valence-corrected chi connectivity index (χ3v) is 12.2. The maximum atomic E-state index is 12.6. The molecule has 0 aliphatic heterocycles. The number of hydrogen-bond donors (Lipinski definition) is 4. The molecule has 4 rings (SSSR count). The normalized spacial score (nSPS) is 11.3. The SMILES string of the molecule is CCS(=O)(=O)Nc1cc(Cl)cc(COc2c(Cl)cc(NC(=O)CC(=O)OC(=O)CC(=O)Nc3cc(Br)c(OCc4cc(Cl)cc(NS(=O)(=O)CC)c4)c(Br)c3)cc2Cl)c1. The zero-order chi connectivity index (χ0) is 43.7. The topological polar surface area (TPSA) is 212 Å². The molecule has 0 bridgehead atoms. The monoisotopic (exact) mass is 1060 g/mol. The summed E-state index contributed by atoms with van der Waals surface area (Å²) >= 11 is 31.7. The second kappa shape index (κ2) is 21.1. The highest BCUT2D eigenvalue weighted by Crippen LogP contribution is 2.38. The number of amides is 2. The number of esters is 2. The van der Waals surface area contributed by atoms with Gasteiger partial charge in [0.25, 0.3) is 0 Å². The van der Waals surface area contributed by atoms with E-state index in [9.17, 15) is 36.0 Å². The van der Waals surface area contributed by atoms with Crippen molar-refractivity contribution in [3.05, 3.63) is 101 Å². The summed E-state index contributed by atoms with van der Waals surface area (Å²) in [4.78, 5) is 49.8. The van der Waals surface area contributed by atoms with Crippen molar-refractivity contribution in [2.24, 2.45) is 0 Å². The summed E-state index contributed by atoms with van der Waals surface area (Å²) in [5.41, 5.74) is 1.89. The summed E-state index contributed by atoms with van der Waals surface area (Å²) < 4.78 is 69.7. The zero-order valence-electron chi connectivity index (χ0n) is 30.6. The molecule has 0 spiro atoms. The molecule has 4 aromatic carbocycles. The molecular weight excluding hydrogens is 1030 g/mol. The van der Waals surface area contributed by atoms with Gasteiger partial charge in [-0.15, -0.1) is 0 Å². The van der Waals surface area contributed by atoms with E-state index in [4.69, 9.17) is 55.9 Å². The predicted octanol–water partition coefficient (Wildman–Crippen LogP) is 8.93. The number of rotatable bonds is 18. The van der Waals surface area contributed by atoms with Crippen molar-refractivity contribution < 1.29 is 50.2 Å². The van der Waals surface area contributed by atoms with Gasteiger partial charge in [-0.3, -0.25) is 28.6 Å². The highest BCUT2D eigenvalue weighted by Gasteiger charge is 2.21. The van der Waals surface area contributed by atoms with Crippen molar-refractivity contribution in [3.63, 3.8) is 0 Å². The number of benzene rings is 4. The lowest BCUT2D eigenvalue weighted by molar-refractivity contribution is -0.160. The van der Waals surface area contributed by atoms with Crippen LogP contribution in [0.5, 0.6) is 11.5 Å². The molecule has 23 heteroatoms. The van der Waals surface area contributed by atoms with Crippen molar-refractivity contribution in [3.8, 4) is 11.5 Å². The zero-order valence-corrected chi connectivity index (χ0v) is 38.4. The molecule has 0 aliphatic carbocycles. The summed E-state index contributed by atoms with van der Waals surface area (Å²) in [6.45, 7) is 2.87. The number of sulfonamides is 2. The van der Waals surface area contributed by atoms with E-state index >= 15 is 0 Å². The van der Waals surface area contributed by atoms with Crippen molar-refractivity contribution in [1.82, 2.24) is 0 Å². The van der Waals surface area contributed by atoms with Crippen LogP contribution in [0.2, 0.25) is 20.1 Å². The minimum Gasteiger partial charge on any atom is -0.487 e. The van der Waals surface area contributed by atoms with E-state index in [1.54, 1.807) is 18.2 Å². The van der Waals surface area contributed by atoms with Crippen LogP contribution in [0.4, 0.5) is 22.7 Å². The first-order valence-electron chi connectivity index (χ1n) is 16.8. The van der Waals surface area contributed by atoms with Gasteiger partial charge in [0.05, 0.1) is 41.9 Å². The molecule has 2 amide bonds. The Hall–Kier alpha value is -3.82. The van der Waals surface area contributed by atoms with Crippen LogP contribution >= 0.6 is 78.3 Å². The average molecular weight is 1060 g/mol. The minimum absolute atomic E-state index is 0.00546. The molecular formula is C36H32Br2Cl4N4O11S2. The summed E-state index contributed by atoms with van der Waals surface area (Å²) in [5, 5.41) is 5.42. The van der Waals surface area contributed by atoms with Crippen LogP contribution in [-0.2, 0) is 57.2 Å². The Kier molecular flexibility index (Phi) is 17.1. The number of halogens is 6. The Balaban J connectivity index is 1.25. The van der Waals surface area contributed by atoms with Crippen LogP contribution in [-0.4, -0.2) is 52.1 Å². The molecule has 15 nitrogen and oxygen atoms in total. The number of carbonyl (C=O) groups excluding carboxylic acids is 4. The molecule has 4 N–H and O–H groups in total. The molecule has 0 aliphatic rings. The summed E-state index contributed by atoms with van der Waals surface area (Å²) in [6.07, 6.45) is -1.76. The van der Waals surface area contributed by atoms with Crippen LogP contribution in [0.15, 0.2) is 69.6 Å². The lowest BCUT2D eigenvalue weighted by Gasteiger charge is -2.14. The number of hydrogen-bond acceptors (Lipinski definition) is 11. The van der Waals surface area contributed by atoms with Crippen molar-refractivity contribution >= 4 is 145 Å². The van der Waals surface area contributed by atoms with Gasteiger partial charge in [-0.2, -0.15) is 0 Å². The van der Waals surface area contributed by atoms with Gasteiger partial charge in [0, 0.05) is 21.4 Å².